The van der Waals surface area contributed by atoms with Gasteiger partial charge in [-0.05, 0) is 23.6 Å². The molecule has 0 atom stereocenters. The Kier molecular flexibility index (Phi) is 6.77. The van der Waals surface area contributed by atoms with Crippen molar-refractivity contribution in [2.75, 3.05) is 32.8 Å². The van der Waals surface area contributed by atoms with E-state index in [0.29, 0.717) is 12.1 Å². The number of hydrogen-bond donors (Lipinski definition) is 2. The van der Waals surface area contributed by atoms with E-state index in [-0.39, 0.29) is 5.91 Å². The summed E-state index contributed by atoms with van der Waals surface area (Å²) in [6.07, 6.45) is 6.88. The Bertz CT molecular complexity index is 975. The molecule has 2 aromatic heterocycles. The summed E-state index contributed by atoms with van der Waals surface area (Å²) in [6, 6.07) is 10.7. The number of nitrogens with one attached hydrogen (secondary N) is 2. The van der Waals surface area contributed by atoms with Crippen LogP contribution < -0.4 is 5.32 Å². The van der Waals surface area contributed by atoms with Gasteiger partial charge in [-0.3, -0.25) is 9.69 Å². The third kappa shape index (κ3) is 4.89. The molecule has 0 radical (unpaired) electrons. The van der Waals surface area contributed by atoms with Gasteiger partial charge < -0.3 is 15.0 Å². The van der Waals surface area contributed by atoms with Gasteiger partial charge in [-0.25, -0.2) is 4.98 Å². The zero-order valence-electron chi connectivity index (χ0n) is 17.6. The number of carbonyl (C=O) groups excluding carboxylic acids is 1. The number of pyridine rings is 1. The van der Waals surface area contributed by atoms with Crippen molar-refractivity contribution in [1.29, 1.82) is 0 Å². The van der Waals surface area contributed by atoms with Crippen molar-refractivity contribution in [1.82, 2.24) is 20.2 Å². The minimum absolute atomic E-state index is 0.0443. The lowest BCUT2D eigenvalue weighted by Crippen LogP contribution is -2.35. The highest BCUT2D eigenvalue weighted by atomic mass is 16.5. The van der Waals surface area contributed by atoms with Gasteiger partial charge in [0.2, 0.25) is 0 Å². The molecule has 1 aromatic carbocycles. The predicted octanol–water partition coefficient (Wildman–Crippen LogP) is 3.98. The number of unbranched alkanes of at least 4 members (excludes halogenated alkanes) is 2. The molecule has 4 rings (SSSR count). The van der Waals surface area contributed by atoms with Crippen LogP contribution in [-0.4, -0.2) is 53.6 Å². The third-order valence-electron chi connectivity index (χ3n) is 5.64. The number of morpholine rings is 1. The van der Waals surface area contributed by atoms with Crippen LogP contribution in [0.5, 0.6) is 0 Å². The molecule has 1 saturated heterocycles. The van der Waals surface area contributed by atoms with Crippen molar-refractivity contribution >= 4 is 16.9 Å². The summed E-state index contributed by atoms with van der Waals surface area (Å²) in [5.74, 6) is -0.0443. The van der Waals surface area contributed by atoms with E-state index in [1.807, 2.05) is 6.20 Å². The Morgan fingerprint density at radius 3 is 2.73 bits per heavy atom. The zero-order valence-corrected chi connectivity index (χ0v) is 17.6. The van der Waals surface area contributed by atoms with Crippen molar-refractivity contribution in [3.63, 3.8) is 0 Å². The molecule has 0 bridgehead atoms. The van der Waals surface area contributed by atoms with E-state index in [2.05, 4.69) is 57.4 Å². The molecule has 2 N–H and O–H groups in total. The van der Waals surface area contributed by atoms with E-state index in [4.69, 9.17) is 4.74 Å². The first-order chi connectivity index (χ1) is 14.7. The molecule has 6 nitrogen and oxygen atoms in total. The number of H-pyrrole nitrogens is 1. The Morgan fingerprint density at radius 2 is 1.97 bits per heavy atom. The quantitative estimate of drug-likeness (QED) is 0.555. The highest BCUT2D eigenvalue weighted by Crippen LogP contribution is 2.25. The fraction of sp³-hybridized carbons (Fsp3) is 0.417. The topological polar surface area (TPSA) is 70.2 Å². The van der Waals surface area contributed by atoms with Gasteiger partial charge in [0.25, 0.3) is 5.91 Å². The molecule has 6 heteroatoms. The van der Waals surface area contributed by atoms with Gasteiger partial charge in [0.15, 0.2) is 0 Å². The Labute approximate surface area is 177 Å². The van der Waals surface area contributed by atoms with Gasteiger partial charge >= 0.3 is 0 Å². The zero-order chi connectivity index (χ0) is 20.8. The van der Waals surface area contributed by atoms with Crippen LogP contribution in [0, 0.1) is 0 Å². The molecule has 30 heavy (non-hydrogen) atoms. The maximum atomic E-state index is 12.6. The van der Waals surface area contributed by atoms with E-state index in [9.17, 15) is 4.79 Å². The second-order valence-corrected chi connectivity index (χ2v) is 7.87. The highest BCUT2D eigenvalue weighted by molar-refractivity contribution is 6.06. The number of fused-ring (bicyclic) bond motifs is 1. The van der Waals surface area contributed by atoms with Gasteiger partial charge in [-0.2, -0.15) is 0 Å². The Balaban J connectivity index is 1.48. The van der Waals surface area contributed by atoms with Crippen LogP contribution in [0.3, 0.4) is 0 Å². The third-order valence-corrected chi connectivity index (χ3v) is 5.64. The molecule has 0 aliphatic carbocycles. The smallest absolute Gasteiger partial charge is 0.253 e. The molecule has 3 aromatic rings. The van der Waals surface area contributed by atoms with Gasteiger partial charge in [0, 0.05) is 49.5 Å². The minimum Gasteiger partial charge on any atom is -0.379 e. The average molecular weight is 407 g/mol. The molecular formula is C24H30N4O2. The second-order valence-electron chi connectivity index (χ2n) is 7.87. The van der Waals surface area contributed by atoms with E-state index in [0.717, 1.165) is 74.3 Å². The van der Waals surface area contributed by atoms with Gasteiger partial charge in [-0.15, -0.1) is 0 Å². The summed E-state index contributed by atoms with van der Waals surface area (Å²) in [5, 5.41) is 3.88. The summed E-state index contributed by atoms with van der Waals surface area (Å²) in [4.78, 5) is 22.7. The molecule has 1 fully saturated rings. The number of amides is 1. The van der Waals surface area contributed by atoms with E-state index < -0.39 is 0 Å². The Hall–Kier alpha value is -2.70. The fourth-order valence-corrected chi connectivity index (χ4v) is 3.84. The van der Waals surface area contributed by atoms with E-state index >= 15 is 0 Å². The maximum Gasteiger partial charge on any atom is 0.253 e. The van der Waals surface area contributed by atoms with Crippen LogP contribution >= 0.6 is 0 Å². The summed E-state index contributed by atoms with van der Waals surface area (Å²) >= 11 is 0. The molecule has 0 spiro atoms. The molecule has 1 aliphatic heterocycles. The lowest BCUT2D eigenvalue weighted by atomic mass is 10.0. The van der Waals surface area contributed by atoms with Gasteiger partial charge in [-0.1, -0.05) is 44.0 Å². The number of carbonyl (C=O) groups is 1. The van der Waals surface area contributed by atoms with Crippen molar-refractivity contribution < 1.29 is 9.53 Å². The lowest BCUT2D eigenvalue weighted by molar-refractivity contribution is 0.0342. The SMILES string of the molecule is CCCCCNC(=O)c1c[nH]c2ncc(-c3ccc(CN4CCOCC4)cc3)cc12. The number of aromatic nitrogens is 2. The largest absolute Gasteiger partial charge is 0.379 e. The van der Waals surface area contributed by atoms with E-state index in [1.165, 1.54) is 5.56 Å². The Morgan fingerprint density at radius 1 is 1.17 bits per heavy atom. The van der Waals surface area contributed by atoms with Gasteiger partial charge in [0.1, 0.15) is 5.65 Å². The molecule has 158 valence electrons. The average Bonchev–Trinajstić information content (AvgIpc) is 3.21. The van der Waals surface area contributed by atoms with E-state index in [1.54, 1.807) is 6.20 Å². The second kappa shape index (κ2) is 9.87. The molecule has 1 aliphatic rings. The lowest BCUT2D eigenvalue weighted by Gasteiger charge is -2.26. The summed E-state index contributed by atoms with van der Waals surface area (Å²) in [6.45, 7) is 7.41. The normalized spacial score (nSPS) is 14.8. The first kappa shape index (κ1) is 20.6. The number of nitrogens with zero attached hydrogens (tertiary/aromatic N) is 2. The van der Waals surface area contributed by atoms with Crippen LogP contribution in [0.2, 0.25) is 0 Å². The van der Waals surface area contributed by atoms with Crippen LogP contribution in [0.25, 0.3) is 22.2 Å². The predicted molar refractivity (Wildman–Crippen MR) is 119 cm³/mol. The first-order valence-corrected chi connectivity index (χ1v) is 10.9. The highest BCUT2D eigenvalue weighted by Gasteiger charge is 2.14. The molecule has 0 saturated carbocycles. The van der Waals surface area contributed by atoms with Crippen LogP contribution in [0.1, 0.15) is 42.1 Å². The number of aromatic amines is 1. The van der Waals surface area contributed by atoms with Crippen LogP contribution in [0.15, 0.2) is 42.7 Å². The van der Waals surface area contributed by atoms with Crippen molar-refractivity contribution in [3.05, 3.63) is 53.9 Å². The molecular weight excluding hydrogens is 376 g/mol. The number of hydrogen-bond acceptors (Lipinski definition) is 4. The summed E-state index contributed by atoms with van der Waals surface area (Å²) in [5.41, 5.74) is 4.80. The van der Waals surface area contributed by atoms with Crippen molar-refractivity contribution in [2.45, 2.75) is 32.7 Å². The standard InChI is InChI=1S/C24H30N4O2/c1-2-3-4-9-25-24(29)22-16-27-23-21(22)14-20(15-26-23)19-7-5-18(6-8-19)17-28-10-12-30-13-11-28/h5-8,14-16H,2-4,9-13,17H2,1H3,(H,25,29)(H,26,27). The monoisotopic (exact) mass is 406 g/mol. The number of ether oxygens (including phenoxy) is 1. The van der Waals surface area contributed by atoms with Gasteiger partial charge in [0.05, 0.1) is 18.8 Å². The van der Waals surface area contributed by atoms with Crippen LogP contribution in [0.4, 0.5) is 0 Å². The summed E-state index contributed by atoms with van der Waals surface area (Å²) < 4.78 is 5.42. The number of rotatable bonds is 8. The van der Waals surface area contributed by atoms with Crippen molar-refractivity contribution in [3.8, 4) is 11.1 Å². The molecule has 1 amide bonds. The maximum absolute atomic E-state index is 12.6. The first-order valence-electron chi connectivity index (χ1n) is 10.9. The minimum atomic E-state index is -0.0443. The van der Waals surface area contributed by atoms with Crippen LogP contribution in [-0.2, 0) is 11.3 Å². The molecule has 3 heterocycles. The molecule has 0 unspecified atom stereocenters. The van der Waals surface area contributed by atoms with Crippen molar-refractivity contribution in [2.24, 2.45) is 0 Å². The summed E-state index contributed by atoms with van der Waals surface area (Å²) in [7, 11) is 0. The number of benzene rings is 1. The fourth-order valence-electron chi connectivity index (χ4n) is 3.84.